The molecule has 124 valence electrons. The van der Waals surface area contributed by atoms with E-state index in [1.807, 2.05) is 0 Å². The number of benzene rings is 1. The first-order valence-corrected chi connectivity index (χ1v) is 7.38. The van der Waals surface area contributed by atoms with E-state index in [4.69, 9.17) is 11.6 Å². The second-order valence-corrected chi connectivity index (χ2v) is 5.68. The number of alkyl halides is 3. The van der Waals surface area contributed by atoms with Crippen molar-refractivity contribution in [2.75, 3.05) is 0 Å². The molecule has 0 atom stereocenters. The van der Waals surface area contributed by atoms with Crippen LogP contribution in [0.4, 0.5) is 13.2 Å². The zero-order valence-electron chi connectivity index (χ0n) is 12.8. The fourth-order valence-corrected chi connectivity index (χ4v) is 2.57. The second kappa shape index (κ2) is 5.90. The van der Waals surface area contributed by atoms with Gasteiger partial charge in [0.2, 0.25) is 0 Å². The lowest BCUT2D eigenvalue weighted by Gasteiger charge is -2.14. The summed E-state index contributed by atoms with van der Waals surface area (Å²) in [5.74, 6) is 0. The topological polar surface area (TPSA) is 43.6 Å². The highest BCUT2D eigenvalue weighted by molar-refractivity contribution is 6.30. The minimum Gasteiger partial charge on any atom is -0.238 e. The SMILES string of the molecule is Cc1nnc(C)c(-n2ccc(C(F)(F)F)n2)c1-c1ccc(Cl)cc1. The summed E-state index contributed by atoms with van der Waals surface area (Å²) in [4.78, 5) is 0. The Hall–Kier alpha value is -2.41. The summed E-state index contributed by atoms with van der Waals surface area (Å²) in [7, 11) is 0. The van der Waals surface area contributed by atoms with Crippen LogP contribution >= 0.6 is 11.6 Å². The van der Waals surface area contributed by atoms with Crippen molar-refractivity contribution in [2.45, 2.75) is 20.0 Å². The first-order chi connectivity index (χ1) is 11.3. The first-order valence-electron chi connectivity index (χ1n) is 7.00. The summed E-state index contributed by atoms with van der Waals surface area (Å²) in [5.41, 5.74) is 1.99. The monoisotopic (exact) mass is 352 g/mol. The van der Waals surface area contributed by atoms with Gasteiger partial charge in [0.1, 0.15) is 0 Å². The Labute approximate surface area is 140 Å². The molecule has 8 heteroatoms. The van der Waals surface area contributed by atoms with Gasteiger partial charge in [0.15, 0.2) is 5.69 Å². The molecule has 0 spiro atoms. The lowest BCUT2D eigenvalue weighted by Crippen LogP contribution is -2.10. The number of hydrogen-bond acceptors (Lipinski definition) is 3. The Kier molecular flexibility index (Phi) is 4.04. The molecule has 2 heterocycles. The van der Waals surface area contributed by atoms with Gasteiger partial charge in [-0.2, -0.15) is 28.5 Å². The maximum Gasteiger partial charge on any atom is 0.435 e. The van der Waals surface area contributed by atoms with Crippen LogP contribution in [0.1, 0.15) is 17.1 Å². The van der Waals surface area contributed by atoms with Crippen molar-refractivity contribution in [1.29, 1.82) is 0 Å². The largest absolute Gasteiger partial charge is 0.435 e. The highest BCUT2D eigenvalue weighted by Crippen LogP contribution is 2.33. The van der Waals surface area contributed by atoms with Crippen LogP contribution in [0, 0.1) is 13.8 Å². The third kappa shape index (κ3) is 2.99. The molecular formula is C16H12ClF3N4. The average molecular weight is 353 g/mol. The predicted octanol–water partition coefficient (Wildman–Crippen LogP) is 4.62. The van der Waals surface area contributed by atoms with Gasteiger partial charge in [-0.1, -0.05) is 23.7 Å². The Balaban J connectivity index is 2.23. The molecule has 4 nitrogen and oxygen atoms in total. The molecule has 3 aromatic rings. The van der Waals surface area contributed by atoms with E-state index < -0.39 is 11.9 Å². The number of aryl methyl sites for hydroxylation is 2. The van der Waals surface area contributed by atoms with Crippen molar-refractivity contribution in [3.8, 4) is 16.8 Å². The van der Waals surface area contributed by atoms with Crippen LogP contribution < -0.4 is 0 Å². The minimum absolute atomic E-state index is 0.459. The van der Waals surface area contributed by atoms with E-state index >= 15 is 0 Å². The molecule has 0 aliphatic heterocycles. The number of aromatic nitrogens is 4. The molecule has 0 fully saturated rings. The highest BCUT2D eigenvalue weighted by atomic mass is 35.5. The molecule has 24 heavy (non-hydrogen) atoms. The molecule has 0 unspecified atom stereocenters. The van der Waals surface area contributed by atoms with Crippen molar-refractivity contribution in [2.24, 2.45) is 0 Å². The molecule has 2 aromatic heterocycles. The molecule has 0 N–H and O–H groups in total. The summed E-state index contributed by atoms with van der Waals surface area (Å²) in [5, 5.41) is 12.3. The first kappa shape index (κ1) is 16.4. The van der Waals surface area contributed by atoms with E-state index in [1.165, 1.54) is 10.9 Å². The van der Waals surface area contributed by atoms with Crippen LogP contribution in [0.25, 0.3) is 16.8 Å². The van der Waals surface area contributed by atoms with Gasteiger partial charge in [-0.3, -0.25) is 0 Å². The zero-order valence-corrected chi connectivity index (χ0v) is 13.5. The summed E-state index contributed by atoms with van der Waals surface area (Å²) >= 11 is 5.91. The molecule has 0 amide bonds. The zero-order chi connectivity index (χ0) is 17.5. The lowest BCUT2D eigenvalue weighted by molar-refractivity contribution is -0.141. The van der Waals surface area contributed by atoms with Crippen molar-refractivity contribution in [3.05, 3.63) is 58.6 Å². The van der Waals surface area contributed by atoms with E-state index in [2.05, 4.69) is 15.3 Å². The van der Waals surface area contributed by atoms with Gasteiger partial charge >= 0.3 is 6.18 Å². The van der Waals surface area contributed by atoms with E-state index in [-0.39, 0.29) is 0 Å². The number of hydrogen-bond donors (Lipinski definition) is 0. The van der Waals surface area contributed by atoms with Gasteiger partial charge in [0.05, 0.1) is 17.1 Å². The molecule has 0 bridgehead atoms. The quantitative estimate of drug-likeness (QED) is 0.676. The van der Waals surface area contributed by atoms with Gasteiger partial charge in [-0.25, -0.2) is 4.68 Å². The van der Waals surface area contributed by atoms with E-state index in [1.54, 1.807) is 38.1 Å². The summed E-state index contributed by atoms with van der Waals surface area (Å²) in [6, 6.07) is 7.91. The molecule has 3 rings (SSSR count). The number of halogens is 4. The van der Waals surface area contributed by atoms with Gasteiger partial charge in [0.25, 0.3) is 0 Å². The Bertz CT molecular complexity index is 885. The van der Waals surface area contributed by atoms with Crippen molar-refractivity contribution in [3.63, 3.8) is 0 Å². The maximum absolute atomic E-state index is 12.8. The van der Waals surface area contributed by atoms with Crippen LogP contribution in [0.15, 0.2) is 36.5 Å². The van der Waals surface area contributed by atoms with E-state index in [9.17, 15) is 13.2 Å². The van der Waals surface area contributed by atoms with Gasteiger partial charge in [-0.15, -0.1) is 0 Å². The highest BCUT2D eigenvalue weighted by Gasteiger charge is 2.34. The van der Waals surface area contributed by atoms with Crippen LogP contribution in [-0.2, 0) is 6.18 Å². The van der Waals surface area contributed by atoms with Crippen LogP contribution in [-0.4, -0.2) is 20.0 Å². The summed E-state index contributed by atoms with van der Waals surface area (Å²) in [6.07, 6.45) is -3.24. The fourth-order valence-electron chi connectivity index (χ4n) is 2.44. The van der Waals surface area contributed by atoms with Crippen LogP contribution in [0.5, 0.6) is 0 Å². The standard InChI is InChI=1S/C16H12ClF3N4/c1-9-14(11-3-5-12(17)6-4-11)15(10(2)22-21-9)24-8-7-13(23-24)16(18,19)20/h3-8H,1-2H3. The van der Waals surface area contributed by atoms with Crippen LogP contribution in [0.2, 0.25) is 5.02 Å². The van der Waals surface area contributed by atoms with E-state index in [0.717, 1.165) is 11.6 Å². The predicted molar refractivity (Wildman–Crippen MR) is 84.1 cm³/mol. The van der Waals surface area contributed by atoms with Crippen molar-refractivity contribution in [1.82, 2.24) is 20.0 Å². The fraction of sp³-hybridized carbons (Fsp3) is 0.188. The molecule has 0 saturated carbocycles. The average Bonchev–Trinajstić information content (AvgIpc) is 3.00. The summed E-state index contributed by atoms with van der Waals surface area (Å²) < 4.78 is 39.7. The molecule has 0 radical (unpaired) electrons. The number of rotatable bonds is 2. The third-order valence-electron chi connectivity index (χ3n) is 3.53. The van der Waals surface area contributed by atoms with Gasteiger partial charge in [-0.05, 0) is 37.6 Å². The molecular weight excluding hydrogens is 341 g/mol. The van der Waals surface area contributed by atoms with Crippen molar-refractivity contribution < 1.29 is 13.2 Å². The van der Waals surface area contributed by atoms with E-state index in [0.29, 0.717) is 27.7 Å². The molecule has 0 aliphatic rings. The number of nitrogens with zero attached hydrogens (tertiary/aromatic N) is 4. The van der Waals surface area contributed by atoms with Crippen molar-refractivity contribution >= 4 is 11.6 Å². The Morgan fingerprint density at radius 3 is 2.17 bits per heavy atom. The molecule has 0 saturated heterocycles. The second-order valence-electron chi connectivity index (χ2n) is 5.24. The Morgan fingerprint density at radius 1 is 0.958 bits per heavy atom. The van der Waals surface area contributed by atoms with Gasteiger partial charge < -0.3 is 0 Å². The molecule has 1 aromatic carbocycles. The van der Waals surface area contributed by atoms with Crippen LogP contribution in [0.3, 0.4) is 0 Å². The Morgan fingerprint density at radius 2 is 1.58 bits per heavy atom. The van der Waals surface area contributed by atoms with Gasteiger partial charge in [0, 0.05) is 16.8 Å². The third-order valence-corrected chi connectivity index (χ3v) is 3.78. The molecule has 0 aliphatic carbocycles. The normalized spacial score (nSPS) is 11.8. The summed E-state index contributed by atoms with van der Waals surface area (Å²) in [6.45, 7) is 3.42. The minimum atomic E-state index is -4.50. The maximum atomic E-state index is 12.8. The smallest absolute Gasteiger partial charge is 0.238 e. The lowest BCUT2D eigenvalue weighted by atomic mass is 10.0.